The average molecular weight is 373 g/mol. The van der Waals surface area contributed by atoms with E-state index in [0.29, 0.717) is 23.7 Å². The molecule has 0 aliphatic rings. The van der Waals surface area contributed by atoms with Gasteiger partial charge in [-0.15, -0.1) is 0 Å². The second-order valence-electron chi connectivity index (χ2n) is 7.14. The largest absolute Gasteiger partial charge is 0.467 e. The van der Waals surface area contributed by atoms with Gasteiger partial charge in [-0.3, -0.25) is 9.59 Å². The van der Waals surface area contributed by atoms with Gasteiger partial charge in [0.2, 0.25) is 0 Å². The van der Waals surface area contributed by atoms with E-state index in [-0.39, 0.29) is 23.1 Å². The number of nitrogens with one attached hydrogen (secondary N) is 1. The number of methoxy groups -OCH3 is 1. The zero-order chi connectivity index (χ0) is 20.1. The summed E-state index contributed by atoms with van der Waals surface area (Å²) in [6.07, 6.45) is 0.696. The van der Waals surface area contributed by atoms with Crippen LogP contribution >= 0.6 is 0 Å². The molecule has 1 aromatic heterocycles. The molecule has 0 aliphatic carbocycles. The molecule has 0 fully saturated rings. The Labute approximate surface area is 158 Å². The van der Waals surface area contributed by atoms with Crippen molar-refractivity contribution >= 4 is 22.6 Å². The van der Waals surface area contributed by atoms with E-state index in [2.05, 4.69) is 10.4 Å². The molecule has 27 heavy (non-hydrogen) atoms. The number of amides is 1. The van der Waals surface area contributed by atoms with Crippen LogP contribution in [0.4, 0.5) is 0 Å². The van der Waals surface area contributed by atoms with Crippen LogP contribution in [0, 0.1) is 11.8 Å². The molecule has 2 rings (SSSR count). The molecule has 0 spiro atoms. The van der Waals surface area contributed by atoms with Gasteiger partial charge >= 0.3 is 5.97 Å². The maximum atomic E-state index is 13.0. The number of benzene rings is 1. The first-order chi connectivity index (χ1) is 12.8. The fourth-order valence-electron chi connectivity index (χ4n) is 2.88. The van der Waals surface area contributed by atoms with Gasteiger partial charge in [-0.1, -0.05) is 52.3 Å². The third kappa shape index (κ3) is 4.53. The highest BCUT2D eigenvalue weighted by molar-refractivity contribution is 6.05. The van der Waals surface area contributed by atoms with E-state index in [0.717, 1.165) is 0 Å². The Bertz CT molecular complexity index is 888. The highest BCUT2D eigenvalue weighted by atomic mass is 16.5. The van der Waals surface area contributed by atoms with Crippen LogP contribution in [-0.2, 0) is 16.1 Å². The minimum absolute atomic E-state index is 0.103. The summed E-state index contributed by atoms with van der Waals surface area (Å²) >= 11 is 0. The highest BCUT2D eigenvalue weighted by Gasteiger charge is 2.28. The molecule has 146 valence electrons. The van der Waals surface area contributed by atoms with Gasteiger partial charge in [0.1, 0.15) is 6.04 Å². The van der Waals surface area contributed by atoms with Gasteiger partial charge in [-0.2, -0.15) is 5.10 Å². The van der Waals surface area contributed by atoms with Gasteiger partial charge in [0.15, 0.2) is 5.69 Å². The van der Waals surface area contributed by atoms with Crippen LogP contribution < -0.4 is 10.9 Å². The normalized spacial score (nSPS) is 13.4. The molecule has 2 unspecified atom stereocenters. The number of hydrogen-bond acceptors (Lipinski definition) is 5. The molecule has 0 radical (unpaired) electrons. The van der Waals surface area contributed by atoms with Gasteiger partial charge in [-0.05, 0) is 17.9 Å². The van der Waals surface area contributed by atoms with Gasteiger partial charge in [-0.25, -0.2) is 9.48 Å². The summed E-state index contributed by atoms with van der Waals surface area (Å²) < 4.78 is 6.14. The number of aromatic nitrogens is 2. The van der Waals surface area contributed by atoms with Gasteiger partial charge in [0.25, 0.3) is 11.5 Å². The molecular formula is C20H27N3O4. The summed E-state index contributed by atoms with van der Waals surface area (Å²) in [4.78, 5) is 37.7. The fraction of sp³-hybridized carbons (Fsp3) is 0.500. The predicted molar refractivity (Wildman–Crippen MR) is 104 cm³/mol. The maximum Gasteiger partial charge on any atom is 0.328 e. The Morgan fingerprint density at radius 1 is 1.19 bits per heavy atom. The fourth-order valence-corrected chi connectivity index (χ4v) is 2.88. The summed E-state index contributed by atoms with van der Waals surface area (Å²) in [6.45, 7) is 8.14. The zero-order valence-electron chi connectivity index (χ0n) is 16.5. The van der Waals surface area contributed by atoms with Crippen LogP contribution in [-0.4, -0.2) is 34.8 Å². The smallest absolute Gasteiger partial charge is 0.328 e. The van der Waals surface area contributed by atoms with Crippen molar-refractivity contribution in [1.29, 1.82) is 0 Å². The van der Waals surface area contributed by atoms with Crippen molar-refractivity contribution in [3.8, 4) is 0 Å². The molecule has 7 heteroatoms. The number of esters is 1. The van der Waals surface area contributed by atoms with Crippen LogP contribution in [0.15, 0.2) is 29.1 Å². The molecule has 0 saturated carbocycles. The second-order valence-corrected chi connectivity index (χ2v) is 7.14. The number of rotatable bonds is 7. The molecule has 0 aliphatic heterocycles. The summed E-state index contributed by atoms with van der Waals surface area (Å²) in [5.41, 5.74) is -0.106. The summed E-state index contributed by atoms with van der Waals surface area (Å²) in [5, 5.41) is 7.93. The standard InChI is InChI=1S/C20H27N3O4/c1-6-13(4)16(20(26)27-5)21-18(24)17-14-9-7-8-10-15(14)19(25)23(22-17)11-12(2)3/h7-10,12-13,16H,6,11H2,1-5H3,(H,21,24). The van der Waals surface area contributed by atoms with Crippen LogP contribution in [0.1, 0.15) is 44.6 Å². The van der Waals surface area contributed by atoms with E-state index in [9.17, 15) is 14.4 Å². The first-order valence-corrected chi connectivity index (χ1v) is 9.18. The van der Waals surface area contributed by atoms with Crippen molar-refractivity contribution in [2.75, 3.05) is 7.11 Å². The van der Waals surface area contributed by atoms with Crippen molar-refractivity contribution < 1.29 is 14.3 Å². The van der Waals surface area contributed by atoms with E-state index in [1.54, 1.807) is 24.3 Å². The van der Waals surface area contributed by atoms with E-state index in [1.165, 1.54) is 11.8 Å². The Hall–Kier alpha value is -2.70. The number of ether oxygens (including phenoxy) is 1. The quantitative estimate of drug-likeness (QED) is 0.753. The minimum Gasteiger partial charge on any atom is -0.467 e. The Kier molecular flexibility index (Phi) is 6.71. The number of nitrogens with zero attached hydrogens (tertiary/aromatic N) is 2. The molecular weight excluding hydrogens is 346 g/mol. The Balaban J connectivity index is 2.52. The first kappa shape index (κ1) is 20.6. The van der Waals surface area contributed by atoms with Crippen LogP contribution in [0.3, 0.4) is 0 Å². The first-order valence-electron chi connectivity index (χ1n) is 9.18. The molecule has 1 aromatic carbocycles. The lowest BCUT2D eigenvalue weighted by Gasteiger charge is -2.22. The van der Waals surface area contributed by atoms with Crippen molar-refractivity contribution in [3.05, 3.63) is 40.3 Å². The zero-order valence-corrected chi connectivity index (χ0v) is 16.5. The maximum absolute atomic E-state index is 13.0. The second kappa shape index (κ2) is 8.79. The van der Waals surface area contributed by atoms with Crippen molar-refractivity contribution in [2.24, 2.45) is 11.8 Å². The lowest BCUT2D eigenvalue weighted by molar-refractivity contribution is -0.144. The number of carbonyl (C=O) groups excluding carboxylic acids is 2. The minimum atomic E-state index is -0.779. The number of carbonyl (C=O) groups is 2. The summed E-state index contributed by atoms with van der Waals surface area (Å²) in [7, 11) is 1.29. The van der Waals surface area contributed by atoms with E-state index < -0.39 is 17.9 Å². The molecule has 1 N–H and O–H groups in total. The monoisotopic (exact) mass is 373 g/mol. The molecule has 7 nitrogen and oxygen atoms in total. The lowest BCUT2D eigenvalue weighted by atomic mass is 9.99. The summed E-state index contributed by atoms with van der Waals surface area (Å²) in [5.74, 6) is -0.915. The Morgan fingerprint density at radius 3 is 2.37 bits per heavy atom. The average Bonchev–Trinajstić information content (AvgIpc) is 2.66. The third-order valence-electron chi connectivity index (χ3n) is 4.58. The van der Waals surface area contributed by atoms with E-state index in [4.69, 9.17) is 4.74 Å². The van der Waals surface area contributed by atoms with E-state index in [1.807, 2.05) is 27.7 Å². The van der Waals surface area contributed by atoms with Gasteiger partial charge < -0.3 is 10.1 Å². The molecule has 1 amide bonds. The summed E-state index contributed by atoms with van der Waals surface area (Å²) in [6, 6.07) is 6.09. The number of hydrogen-bond donors (Lipinski definition) is 1. The van der Waals surface area contributed by atoms with Crippen LogP contribution in [0.5, 0.6) is 0 Å². The SMILES string of the molecule is CCC(C)C(NC(=O)c1nn(CC(C)C)c(=O)c2ccccc12)C(=O)OC. The third-order valence-corrected chi connectivity index (χ3v) is 4.58. The topological polar surface area (TPSA) is 90.3 Å². The van der Waals surface area contributed by atoms with Crippen LogP contribution in [0.25, 0.3) is 10.8 Å². The number of fused-ring (bicyclic) bond motifs is 1. The molecule has 0 saturated heterocycles. The van der Waals surface area contributed by atoms with Crippen molar-refractivity contribution in [1.82, 2.24) is 15.1 Å². The van der Waals surface area contributed by atoms with Crippen molar-refractivity contribution in [2.45, 2.75) is 46.7 Å². The molecule has 0 bridgehead atoms. The lowest BCUT2D eigenvalue weighted by Crippen LogP contribution is -2.46. The van der Waals surface area contributed by atoms with Crippen LogP contribution in [0.2, 0.25) is 0 Å². The molecule has 2 atom stereocenters. The predicted octanol–water partition coefficient (Wildman–Crippen LogP) is 2.37. The van der Waals surface area contributed by atoms with E-state index >= 15 is 0 Å². The Morgan fingerprint density at radius 2 is 1.81 bits per heavy atom. The highest BCUT2D eigenvalue weighted by Crippen LogP contribution is 2.16. The molecule has 1 heterocycles. The molecule has 2 aromatic rings. The van der Waals surface area contributed by atoms with Crippen molar-refractivity contribution in [3.63, 3.8) is 0 Å². The van der Waals surface area contributed by atoms with Gasteiger partial charge in [0, 0.05) is 11.9 Å². The van der Waals surface area contributed by atoms with Gasteiger partial charge in [0.05, 0.1) is 12.5 Å².